The Morgan fingerprint density at radius 1 is 1.19 bits per heavy atom. The van der Waals surface area contributed by atoms with Gasteiger partial charge in [0.05, 0.1) is 36.1 Å². The Labute approximate surface area is 217 Å². The number of nitrogens with zero attached hydrogens (tertiary/aromatic N) is 1. The van der Waals surface area contributed by atoms with Crippen molar-refractivity contribution in [1.29, 1.82) is 0 Å². The van der Waals surface area contributed by atoms with Gasteiger partial charge in [-0.2, -0.15) is 0 Å². The summed E-state index contributed by atoms with van der Waals surface area (Å²) in [5, 5.41) is 47.5. The van der Waals surface area contributed by atoms with Crippen LogP contribution in [0.4, 0.5) is 0 Å². The van der Waals surface area contributed by atoms with E-state index in [2.05, 4.69) is 11.8 Å². The maximum absolute atomic E-state index is 13.3. The molecule has 202 valence electrons. The quantitative estimate of drug-likeness (QED) is 0.432. The minimum Gasteiger partial charge on any atom is -0.458 e. The normalized spacial score (nSPS) is 53.2. The number of esters is 1. The molecular weight excluding hydrogens is 474 g/mol. The van der Waals surface area contributed by atoms with Crippen molar-refractivity contribution < 1.29 is 34.7 Å². The van der Waals surface area contributed by atoms with Crippen molar-refractivity contribution in [3.05, 3.63) is 35.9 Å². The zero-order chi connectivity index (χ0) is 25.9. The molecule has 8 heteroatoms. The highest BCUT2D eigenvalue weighted by atomic mass is 16.6. The van der Waals surface area contributed by atoms with Crippen molar-refractivity contribution in [3.8, 4) is 0 Å². The summed E-state index contributed by atoms with van der Waals surface area (Å²) in [5.41, 5.74) is -2.05. The van der Waals surface area contributed by atoms with E-state index in [1.807, 2.05) is 6.07 Å². The molecule has 1 saturated heterocycles. The van der Waals surface area contributed by atoms with E-state index in [0.29, 0.717) is 44.3 Å². The standard InChI is InChI=1S/C29H39NO7/c1-3-30-13-27(14-31)10-9-19(32)29-17-11-16-18(36-2)12-28(35,21(25(29)30)22(33)24(27)29)20(17)23(16)37-26(34)15-7-5-4-6-8-15/h4-8,16-25,31-33,35H,3,9-14H2,1-2H3/t16-,17-,18+,19+,20-,21+,22+,23+,24-,25-,27+,28-,29+/m1/s1. The van der Waals surface area contributed by atoms with E-state index in [0.717, 1.165) is 0 Å². The van der Waals surface area contributed by atoms with Crippen molar-refractivity contribution in [2.75, 3.05) is 26.8 Å². The van der Waals surface area contributed by atoms with Gasteiger partial charge >= 0.3 is 5.97 Å². The van der Waals surface area contributed by atoms with E-state index >= 15 is 0 Å². The third kappa shape index (κ3) is 2.72. The molecule has 0 aromatic heterocycles. The second-order valence-corrected chi connectivity index (χ2v) is 12.8. The lowest BCUT2D eigenvalue weighted by Gasteiger charge is -2.68. The van der Waals surface area contributed by atoms with Crippen LogP contribution < -0.4 is 0 Å². The fourth-order valence-electron chi connectivity index (χ4n) is 11.1. The van der Waals surface area contributed by atoms with E-state index in [1.54, 1.807) is 31.4 Å². The smallest absolute Gasteiger partial charge is 0.338 e. The summed E-state index contributed by atoms with van der Waals surface area (Å²) in [6.07, 6.45) is -0.164. The molecule has 7 bridgehead atoms. The number of hydrogen-bond acceptors (Lipinski definition) is 8. The Bertz CT molecular complexity index is 1090. The second kappa shape index (κ2) is 7.99. The Balaban J connectivity index is 1.39. The van der Waals surface area contributed by atoms with Crippen molar-refractivity contribution in [1.82, 2.24) is 4.90 Å². The van der Waals surface area contributed by atoms with Crippen LogP contribution in [-0.2, 0) is 9.47 Å². The van der Waals surface area contributed by atoms with Crippen molar-refractivity contribution in [3.63, 3.8) is 0 Å². The van der Waals surface area contributed by atoms with Gasteiger partial charge in [0, 0.05) is 60.6 Å². The van der Waals surface area contributed by atoms with Gasteiger partial charge < -0.3 is 29.9 Å². The topological polar surface area (TPSA) is 120 Å². The largest absolute Gasteiger partial charge is 0.458 e. The zero-order valence-corrected chi connectivity index (χ0v) is 21.6. The number of carbonyl (C=O) groups excluding carboxylic acids is 1. The van der Waals surface area contributed by atoms with Crippen LogP contribution in [0.15, 0.2) is 30.3 Å². The average molecular weight is 514 g/mol. The predicted octanol–water partition coefficient (Wildman–Crippen LogP) is 1.06. The molecule has 1 aromatic carbocycles. The molecule has 6 fully saturated rings. The van der Waals surface area contributed by atoms with Gasteiger partial charge in [0.15, 0.2) is 0 Å². The van der Waals surface area contributed by atoms with Crippen LogP contribution in [0.5, 0.6) is 0 Å². The highest BCUT2D eigenvalue weighted by Crippen LogP contribution is 2.78. The molecular formula is C29H39NO7. The molecule has 8 nitrogen and oxygen atoms in total. The lowest BCUT2D eigenvalue weighted by atomic mass is 9.43. The molecule has 5 saturated carbocycles. The van der Waals surface area contributed by atoms with Gasteiger partial charge in [-0.15, -0.1) is 0 Å². The summed E-state index contributed by atoms with van der Waals surface area (Å²) in [5.74, 6) is -1.91. The summed E-state index contributed by atoms with van der Waals surface area (Å²) in [6.45, 7) is 3.41. The molecule has 7 rings (SSSR count). The highest BCUT2D eigenvalue weighted by Gasteiger charge is 2.86. The number of piperidine rings is 1. The van der Waals surface area contributed by atoms with Gasteiger partial charge in [0.2, 0.25) is 0 Å². The molecule has 1 aromatic rings. The van der Waals surface area contributed by atoms with Crippen molar-refractivity contribution >= 4 is 5.97 Å². The molecule has 13 atom stereocenters. The van der Waals surface area contributed by atoms with Gasteiger partial charge in [-0.25, -0.2) is 4.79 Å². The van der Waals surface area contributed by atoms with Crippen molar-refractivity contribution in [2.24, 2.45) is 40.4 Å². The molecule has 6 aliphatic rings. The monoisotopic (exact) mass is 513 g/mol. The number of methoxy groups -OCH3 is 1. The SMILES string of the molecule is CCN1C[C@]2(CO)CC[C@H](O)[C@@]34[C@@H]5C[C@H]6[C@H](OC(=O)c7ccccc7)[C@@H]5[C@](O)(C[C@@H]6OC)[C@@H]([C@H](O)[C@H]23)[C@@H]14. The number of hydrogen-bond donors (Lipinski definition) is 4. The van der Waals surface area contributed by atoms with E-state index in [4.69, 9.17) is 9.47 Å². The molecule has 1 spiro atoms. The third-order valence-electron chi connectivity index (χ3n) is 12.0. The summed E-state index contributed by atoms with van der Waals surface area (Å²) >= 11 is 0. The first kappa shape index (κ1) is 24.5. The van der Waals surface area contributed by atoms with Gasteiger partial charge in [-0.3, -0.25) is 4.90 Å². The first-order valence-electron chi connectivity index (χ1n) is 14.0. The Morgan fingerprint density at radius 3 is 2.62 bits per heavy atom. The lowest BCUT2D eigenvalue weighted by molar-refractivity contribution is -0.271. The molecule has 0 unspecified atom stereocenters. The predicted molar refractivity (Wildman–Crippen MR) is 132 cm³/mol. The second-order valence-electron chi connectivity index (χ2n) is 12.8. The summed E-state index contributed by atoms with van der Waals surface area (Å²) in [4.78, 5) is 15.6. The Hall–Kier alpha value is -1.55. The first-order chi connectivity index (χ1) is 17.8. The van der Waals surface area contributed by atoms with E-state index in [1.165, 1.54) is 0 Å². The van der Waals surface area contributed by atoms with Gasteiger partial charge in [0.25, 0.3) is 0 Å². The minimum absolute atomic E-state index is 0.0501. The van der Waals surface area contributed by atoms with E-state index in [9.17, 15) is 25.2 Å². The summed E-state index contributed by atoms with van der Waals surface area (Å²) in [6, 6.07) is 8.71. The molecule has 1 heterocycles. The number of benzene rings is 1. The van der Waals surface area contributed by atoms with E-state index in [-0.39, 0.29) is 36.5 Å². The van der Waals surface area contributed by atoms with Crippen LogP contribution in [-0.4, -0.2) is 94.2 Å². The van der Waals surface area contributed by atoms with Crippen LogP contribution in [0.25, 0.3) is 0 Å². The average Bonchev–Trinajstić information content (AvgIpc) is 3.33. The molecule has 37 heavy (non-hydrogen) atoms. The molecule has 5 aliphatic carbocycles. The zero-order valence-electron chi connectivity index (χ0n) is 21.6. The minimum atomic E-state index is -1.31. The number of likely N-dealkylation sites (tertiary alicyclic amines) is 1. The maximum atomic E-state index is 13.3. The number of carbonyl (C=O) groups is 1. The van der Waals surface area contributed by atoms with Crippen LogP contribution in [0.3, 0.4) is 0 Å². The van der Waals surface area contributed by atoms with Gasteiger partial charge in [0.1, 0.15) is 6.10 Å². The summed E-state index contributed by atoms with van der Waals surface area (Å²) < 4.78 is 12.2. The number of fused-ring (bicyclic) bond motifs is 2. The van der Waals surface area contributed by atoms with Crippen LogP contribution in [0.1, 0.15) is 43.0 Å². The Morgan fingerprint density at radius 2 is 1.95 bits per heavy atom. The maximum Gasteiger partial charge on any atom is 0.338 e. The van der Waals surface area contributed by atoms with Crippen molar-refractivity contribution in [2.45, 2.75) is 68.7 Å². The third-order valence-corrected chi connectivity index (χ3v) is 12.0. The van der Waals surface area contributed by atoms with Crippen LogP contribution in [0, 0.1) is 40.4 Å². The van der Waals surface area contributed by atoms with Crippen LogP contribution >= 0.6 is 0 Å². The number of rotatable bonds is 5. The molecule has 0 radical (unpaired) electrons. The molecule has 0 amide bonds. The number of aliphatic hydroxyl groups excluding tert-OH is 3. The lowest BCUT2D eigenvalue weighted by Crippen LogP contribution is -2.76. The van der Waals surface area contributed by atoms with Gasteiger partial charge in [-0.05, 0) is 43.9 Å². The fraction of sp³-hybridized carbons (Fsp3) is 0.759. The van der Waals surface area contributed by atoms with Gasteiger partial charge in [-0.1, -0.05) is 25.1 Å². The number of aliphatic hydroxyl groups is 4. The first-order valence-corrected chi connectivity index (χ1v) is 14.0. The fourth-order valence-corrected chi connectivity index (χ4v) is 11.1. The number of ether oxygens (including phenoxy) is 2. The molecule has 1 aliphatic heterocycles. The Kier molecular flexibility index (Phi) is 5.29. The highest BCUT2D eigenvalue weighted by molar-refractivity contribution is 5.89. The van der Waals surface area contributed by atoms with E-state index < -0.39 is 52.5 Å². The summed E-state index contributed by atoms with van der Waals surface area (Å²) in [7, 11) is 1.64. The molecule has 4 N–H and O–H groups in total. The van der Waals surface area contributed by atoms with Crippen LogP contribution in [0.2, 0.25) is 0 Å².